The highest BCUT2D eigenvalue weighted by atomic mass is 31.2. The van der Waals surface area contributed by atoms with Crippen LogP contribution in [0, 0.1) is 19.3 Å². The molecule has 0 saturated heterocycles. The number of aromatic nitrogens is 2. The smallest absolute Gasteiger partial charge is 0.459 e. The molecule has 1 aromatic heterocycles. The van der Waals surface area contributed by atoms with E-state index in [0.29, 0.717) is 10.9 Å². The first-order chi connectivity index (χ1) is 21.1. The highest BCUT2D eigenvalue weighted by Crippen LogP contribution is 2.48. The summed E-state index contributed by atoms with van der Waals surface area (Å²) in [6.07, 6.45) is 9.21. The highest BCUT2D eigenvalue weighted by Gasteiger charge is 2.41. The van der Waals surface area contributed by atoms with E-state index in [1.54, 1.807) is 25.1 Å². The van der Waals surface area contributed by atoms with Crippen molar-refractivity contribution < 1.29 is 27.9 Å². The van der Waals surface area contributed by atoms with E-state index in [9.17, 15) is 18.9 Å². The van der Waals surface area contributed by atoms with E-state index in [4.69, 9.17) is 24.9 Å². The van der Waals surface area contributed by atoms with Gasteiger partial charge in [-0.05, 0) is 43.0 Å². The molecule has 1 aliphatic heterocycles. The van der Waals surface area contributed by atoms with Crippen molar-refractivity contribution in [3.63, 3.8) is 0 Å². The minimum atomic E-state index is -4.35. The summed E-state index contributed by atoms with van der Waals surface area (Å²) in [5, 5.41) is 4.16. The Balaban J connectivity index is 1.37. The maximum absolute atomic E-state index is 14.3. The SMILES string of the molecule is C#C[C@@]1(CO[P@](=O)(N[C@@H](C)C(=O)OCc2ccccc2)Oc2cccc3ccccc23)C=C[C@H](n2cc(C)c(=O)[nH]c2=O)O1. The minimum absolute atomic E-state index is 0.0187. The average molecular weight is 616 g/mol. The van der Waals surface area contributed by atoms with Crippen molar-refractivity contribution in [1.29, 1.82) is 0 Å². The molecule has 2 heterocycles. The van der Waals surface area contributed by atoms with Crippen molar-refractivity contribution in [1.82, 2.24) is 14.6 Å². The van der Waals surface area contributed by atoms with Crippen LogP contribution in [0.2, 0.25) is 0 Å². The number of nitrogens with one attached hydrogen (secondary N) is 2. The fourth-order valence-corrected chi connectivity index (χ4v) is 6.02. The molecule has 0 amide bonds. The van der Waals surface area contributed by atoms with Crippen molar-refractivity contribution in [2.75, 3.05) is 6.61 Å². The van der Waals surface area contributed by atoms with Gasteiger partial charge in [-0.15, -0.1) is 6.42 Å². The van der Waals surface area contributed by atoms with Gasteiger partial charge in [-0.25, -0.2) is 9.36 Å². The highest BCUT2D eigenvalue weighted by molar-refractivity contribution is 7.52. The molecule has 44 heavy (non-hydrogen) atoms. The first-order valence-electron chi connectivity index (χ1n) is 13.7. The lowest BCUT2D eigenvalue weighted by molar-refractivity contribution is -0.146. The lowest BCUT2D eigenvalue weighted by Crippen LogP contribution is -2.39. The quantitative estimate of drug-likeness (QED) is 0.109. The van der Waals surface area contributed by atoms with E-state index in [2.05, 4.69) is 16.0 Å². The van der Waals surface area contributed by atoms with Crippen LogP contribution in [-0.2, 0) is 30.0 Å². The van der Waals surface area contributed by atoms with E-state index in [0.717, 1.165) is 10.9 Å². The van der Waals surface area contributed by atoms with Gasteiger partial charge >= 0.3 is 19.4 Å². The molecule has 5 rings (SSSR count). The number of nitrogens with zero attached hydrogens (tertiary/aromatic N) is 1. The molecule has 11 nitrogen and oxygen atoms in total. The summed E-state index contributed by atoms with van der Waals surface area (Å²) >= 11 is 0. The van der Waals surface area contributed by atoms with E-state index in [1.165, 1.54) is 29.8 Å². The van der Waals surface area contributed by atoms with Crippen molar-refractivity contribution in [2.24, 2.45) is 0 Å². The molecule has 3 aromatic carbocycles. The third kappa shape index (κ3) is 6.91. The van der Waals surface area contributed by atoms with E-state index in [-0.39, 0.29) is 12.4 Å². The van der Waals surface area contributed by atoms with Crippen molar-refractivity contribution in [3.05, 3.63) is 123 Å². The van der Waals surface area contributed by atoms with Gasteiger partial charge in [0.15, 0.2) is 11.8 Å². The predicted molar refractivity (Wildman–Crippen MR) is 164 cm³/mol. The Labute approximate surface area is 253 Å². The monoisotopic (exact) mass is 615 g/mol. The van der Waals surface area contributed by atoms with Gasteiger partial charge in [0.1, 0.15) is 25.0 Å². The Kier molecular flexibility index (Phi) is 8.99. The largest absolute Gasteiger partial charge is 0.460 e. The lowest BCUT2D eigenvalue weighted by atomic mass is 10.1. The van der Waals surface area contributed by atoms with Gasteiger partial charge in [0.2, 0.25) is 0 Å². The number of carbonyl (C=O) groups excluding carboxylic acids is 1. The van der Waals surface area contributed by atoms with Crippen LogP contribution >= 0.6 is 7.75 Å². The van der Waals surface area contributed by atoms with Crippen molar-refractivity contribution in [3.8, 4) is 18.1 Å². The third-order valence-corrected chi connectivity index (χ3v) is 8.48. The number of fused-ring (bicyclic) bond motifs is 1. The molecule has 0 saturated carbocycles. The molecule has 4 aromatic rings. The molecule has 0 fully saturated rings. The molecular weight excluding hydrogens is 585 g/mol. The zero-order valence-electron chi connectivity index (χ0n) is 24.0. The van der Waals surface area contributed by atoms with Gasteiger partial charge in [-0.1, -0.05) is 72.7 Å². The van der Waals surface area contributed by atoms with Crippen LogP contribution in [0.3, 0.4) is 0 Å². The Bertz CT molecular complexity index is 1910. The number of esters is 1. The summed E-state index contributed by atoms with van der Waals surface area (Å²) in [5.41, 5.74) is -1.70. The molecule has 12 heteroatoms. The van der Waals surface area contributed by atoms with Gasteiger partial charge in [-0.2, -0.15) is 5.09 Å². The lowest BCUT2D eigenvalue weighted by Gasteiger charge is -2.28. The maximum atomic E-state index is 14.3. The normalized spacial score (nSPS) is 19.6. The molecule has 1 aliphatic rings. The first-order valence-corrected chi connectivity index (χ1v) is 15.2. The molecule has 0 bridgehead atoms. The van der Waals surface area contributed by atoms with Crippen molar-refractivity contribution in [2.45, 2.75) is 38.3 Å². The van der Waals surface area contributed by atoms with Gasteiger partial charge < -0.3 is 14.0 Å². The number of terminal acetylenes is 1. The molecule has 2 N–H and O–H groups in total. The van der Waals surface area contributed by atoms with Crippen LogP contribution in [0.5, 0.6) is 5.75 Å². The summed E-state index contributed by atoms with van der Waals surface area (Å²) in [6, 6.07) is 20.6. The van der Waals surface area contributed by atoms with Crippen LogP contribution in [-0.4, -0.2) is 33.8 Å². The molecule has 226 valence electrons. The Hall–Kier alpha value is -4.72. The van der Waals surface area contributed by atoms with Crippen LogP contribution < -0.4 is 20.9 Å². The number of benzene rings is 3. The number of H-pyrrole nitrogens is 1. The number of carbonyl (C=O) groups is 1. The number of ether oxygens (including phenoxy) is 2. The van der Waals surface area contributed by atoms with Gasteiger partial charge in [0.05, 0.1) is 0 Å². The van der Waals surface area contributed by atoms with Gasteiger partial charge in [-0.3, -0.25) is 23.7 Å². The summed E-state index contributed by atoms with van der Waals surface area (Å²) in [5.74, 6) is 2.05. The number of hydrogen-bond acceptors (Lipinski definition) is 8. The van der Waals surface area contributed by atoms with Crippen LogP contribution in [0.4, 0.5) is 0 Å². The molecule has 0 spiro atoms. The Morgan fingerprint density at radius 2 is 1.86 bits per heavy atom. The molecular formula is C32H30N3O8P. The van der Waals surface area contributed by atoms with E-state index < -0.39 is 49.4 Å². The average Bonchev–Trinajstić information content (AvgIpc) is 3.46. The van der Waals surface area contributed by atoms with E-state index >= 15 is 0 Å². The topological polar surface area (TPSA) is 138 Å². The van der Waals surface area contributed by atoms with E-state index in [1.807, 2.05) is 54.6 Å². The maximum Gasteiger partial charge on any atom is 0.459 e. The molecule has 0 radical (unpaired) electrons. The van der Waals surface area contributed by atoms with Crippen molar-refractivity contribution >= 4 is 24.5 Å². The Morgan fingerprint density at radius 3 is 2.64 bits per heavy atom. The van der Waals surface area contributed by atoms with Gasteiger partial charge in [0, 0.05) is 17.1 Å². The third-order valence-electron chi connectivity index (χ3n) is 6.87. The second kappa shape index (κ2) is 12.9. The number of rotatable bonds is 11. The second-order valence-corrected chi connectivity index (χ2v) is 11.9. The number of aryl methyl sites for hydroxylation is 1. The zero-order chi connectivity index (χ0) is 31.3. The first kappa shape index (κ1) is 30.7. The predicted octanol–water partition coefficient (Wildman–Crippen LogP) is 4.38. The molecule has 0 unspecified atom stereocenters. The molecule has 0 aliphatic carbocycles. The zero-order valence-corrected chi connectivity index (χ0v) is 24.9. The summed E-state index contributed by atoms with van der Waals surface area (Å²) < 4.78 is 38.7. The van der Waals surface area contributed by atoms with Gasteiger partial charge in [0.25, 0.3) is 5.56 Å². The summed E-state index contributed by atoms with van der Waals surface area (Å²) in [7, 11) is -4.35. The minimum Gasteiger partial charge on any atom is -0.460 e. The van der Waals surface area contributed by atoms with Crippen LogP contribution in [0.15, 0.2) is 101 Å². The van der Waals surface area contributed by atoms with Crippen LogP contribution in [0.1, 0.15) is 24.3 Å². The van der Waals surface area contributed by atoms with Crippen LogP contribution in [0.25, 0.3) is 10.8 Å². The Morgan fingerprint density at radius 1 is 1.14 bits per heavy atom. The second-order valence-electron chi connectivity index (χ2n) is 10.2. The standard InChI is InChI=1S/C32H30N3O8P/c1-4-32(18-17-28(42-32)35-19-22(2)29(36)33-31(35)38)21-41-44(39,43-27-16-10-14-25-13-8-9-15-26(25)27)34-23(3)30(37)40-20-24-11-6-5-7-12-24/h1,5-19,23,28H,20-21H2,2-3H3,(H,34,39)(H,33,36,38)/t23-,28+,32-,44+/m0/s1. The molecule has 4 atom stereocenters. The summed E-state index contributed by atoms with van der Waals surface area (Å²) in [6.45, 7) is 2.56. The summed E-state index contributed by atoms with van der Waals surface area (Å²) in [4.78, 5) is 39.3. The fraction of sp³-hybridized carbons (Fsp3) is 0.219. The number of aromatic amines is 1. The fourth-order valence-electron chi connectivity index (χ4n) is 4.48. The number of hydrogen-bond donors (Lipinski definition) is 2.